The van der Waals surface area contributed by atoms with E-state index < -0.39 is 23.5 Å². The Morgan fingerprint density at radius 3 is 2.53 bits per heavy atom. The van der Waals surface area contributed by atoms with Crippen molar-refractivity contribution in [3.05, 3.63) is 67.0 Å². The van der Waals surface area contributed by atoms with Crippen LogP contribution in [0.2, 0.25) is 0 Å². The molecule has 3 atom stereocenters. The molecule has 0 unspecified atom stereocenters. The second kappa shape index (κ2) is 14.2. The molecule has 2 aromatic heterocycles. The van der Waals surface area contributed by atoms with Gasteiger partial charge in [0.25, 0.3) is 0 Å². The number of carbonyl (C=O) groups is 3. The maximum Gasteiger partial charge on any atom is 0.247 e. The monoisotopic (exact) mass is 641 g/mol. The number of likely N-dealkylation sites (tertiary alicyclic amines) is 1. The highest BCUT2D eigenvalue weighted by Crippen LogP contribution is 2.34. The Kier molecular flexibility index (Phi) is 10.0. The van der Waals surface area contributed by atoms with Gasteiger partial charge in [-0.05, 0) is 56.0 Å². The average molecular weight is 642 g/mol. The van der Waals surface area contributed by atoms with E-state index in [1.807, 2.05) is 55.8 Å². The second-order valence-corrected chi connectivity index (χ2v) is 12.8. The van der Waals surface area contributed by atoms with Crippen LogP contribution in [0.4, 0.5) is 17.2 Å². The Labute approximate surface area is 274 Å². The lowest BCUT2D eigenvalue weighted by molar-refractivity contribution is -0.143. The summed E-state index contributed by atoms with van der Waals surface area (Å²) >= 11 is 0. The number of anilines is 3. The van der Waals surface area contributed by atoms with Gasteiger partial charge in [0.15, 0.2) is 0 Å². The molecule has 0 saturated carbocycles. The van der Waals surface area contributed by atoms with Gasteiger partial charge in [-0.25, -0.2) is 15.0 Å². The molecule has 248 valence electrons. The van der Waals surface area contributed by atoms with E-state index in [4.69, 9.17) is 4.74 Å². The zero-order valence-corrected chi connectivity index (χ0v) is 27.7. The Bertz CT molecular complexity index is 1720. The molecule has 0 radical (unpaired) electrons. The molecule has 47 heavy (non-hydrogen) atoms. The van der Waals surface area contributed by atoms with E-state index in [1.165, 1.54) is 13.4 Å². The highest BCUT2D eigenvalue weighted by Gasteiger charge is 2.42. The molecule has 0 aliphatic carbocycles. The molecule has 1 saturated heterocycles. The second-order valence-electron chi connectivity index (χ2n) is 12.8. The van der Waals surface area contributed by atoms with Crippen LogP contribution in [0.5, 0.6) is 5.75 Å². The molecule has 0 spiro atoms. The maximum atomic E-state index is 13.9. The van der Waals surface area contributed by atoms with Gasteiger partial charge in [-0.15, -0.1) is 0 Å². The summed E-state index contributed by atoms with van der Waals surface area (Å²) in [7, 11) is 3.21. The van der Waals surface area contributed by atoms with Crippen molar-refractivity contribution in [1.82, 2.24) is 35.1 Å². The number of nitrogens with zero attached hydrogens (tertiary/aromatic N) is 5. The van der Waals surface area contributed by atoms with Crippen LogP contribution < -0.4 is 26.0 Å². The molecular formula is C34H43N9O4. The number of amides is 3. The fourth-order valence-electron chi connectivity index (χ4n) is 5.60. The van der Waals surface area contributed by atoms with Gasteiger partial charge in [0.1, 0.15) is 30.0 Å². The molecule has 1 fully saturated rings. The van der Waals surface area contributed by atoms with E-state index in [0.717, 1.165) is 11.3 Å². The summed E-state index contributed by atoms with van der Waals surface area (Å²) in [5.41, 5.74) is 2.45. The molecule has 0 bridgehead atoms. The van der Waals surface area contributed by atoms with Crippen molar-refractivity contribution in [2.75, 3.05) is 31.3 Å². The number of fused-ring (bicyclic) bond motifs is 1. The minimum Gasteiger partial charge on any atom is -0.494 e. The van der Waals surface area contributed by atoms with Crippen LogP contribution in [0.1, 0.15) is 46.1 Å². The zero-order valence-electron chi connectivity index (χ0n) is 27.7. The fourth-order valence-corrected chi connectivity index (χ4v) is 5.60. The smallest absolute Gasteiger partial charge is 0.247 e. The molecule has 1 aliphatic rings. The third-order valence-electron chi connectivity index (χ3n) is 8.42. The standard InChI is InChI=1S/C34H43N9O4/c1-21(35-5)31(44)41-29(34(2,3)4)33(46)43-14-7-8-27(43)32(45)40-26-16-24-25(17-28(26)47-6)37-19-38-30(24)39-23-11-9-22(10-12-23)18-42-15-13-36-20-42/h9-13,15-17,19-21,27,29,35H,7-8,14,18H2,1-6H3,(H,40,45)(H,41,44)(H,37,38,39)/t21-,27-,29+/m0/s1. The number of methoxy groups -OCH3 is 1. The van der Waals surface area contributed by atoms with Gasteiger partial charge in [-0.1, -0.05) is 32.9 Å². The molecule has 13 heteroatoms. The van der Waals surface area contributed by atoms with Crippen LogP contribution in [-0.2, 0) is 20.9 Å². The number of benzene rings is 2. The van der Waals surface area contributed by atoms with Gasteiger partial charge in [-0.2, -0.15) is 0 Å². The third kappa shape index (κ3) is 7.68. The van der Waals surface area contributed by atoms with E-state index >= 15 is 0 Å². The van der Waals surface area contributed by atoms with Crippen molar-refractivity contribution in [2.24, 2.45) is 5.41 Å². The van der Waals surface area contributed by atoms with Crippen LogP contribution in [0, 0.1) is 5.41 Å². The lowest BCUT2D eigenvalue weighted by atomic mass is 9.85. The average Bonchev–Trinajstić information content (AvgIpc) is 3.76. The van der Waals surface area contributed by atoms with Gasteiger partial charge < -0.3 is 35.5 Å². The normalized spacial score (nSPS) is 16.0. The van der Waals surface area contributed by atoms with Crippen LogP contribution >= 0.6 is 0 Å². The molecule has 5 rings (SSSR count). The maximum absolute atomic E-state index is 13.9. The third-order valence-corrected chi connectivity index (χ3v) is 8.42. The largest absolute Gasteiger partial charge is 0.494 e. The summed E-state index contributed by atoms with van der Waals surface area (Å²) in [4.78, 5) is 55.0. The van der Waals surface area contributed by atoms with Crippen LogP contribution in [0.25, 0.3) is 10.9 Å². The SMILES string of the molecule is CN[C@@H](C)C(=O)N[C@H](C(=O)N1CCC[C@H]1C(=O)Nc1cc2c(Nc3ccc(Cn4ccnc4)cc3)ncnc2cc1OC)C(C)(C)C. The Morgan fingerprint density at radius 1 is 1.11 bits per heavy atom. The van der Waals surface area contributed by atoms with Gasteiger partial charge >= 0.3 is 0 Å². The first kappa shape index (κ1) is 33.3. The topological polar surface area (TPSA) is 155 Å². The number of rotatable bonds is 11. The van der Waals surface area contributed by atoms with Crippen molar-refractivity contribution >= 4 is 45.8 Å². The van der Waals surface area contributed by atoms with Crippen molar-refractivity contribution < 1.29 is 19.1 Å². The number of carbonyl (C=O) groups excluding carboxylic acids is 3. The summed E-state index contributed by atoms with van der Waals surface area (Å²) in [5, 5.41) is 12.9. The molecule has 2 aromatic carbocycles. The summed E-state index contributed by atoms with van der Waals surface area (Å²) in [6.07, 6.45) is 8.08. The number of hydrogen-bond acceptors (Lipinski definition) is 9. The quantitative estimate of drug-likeness (QED) is 0.192. The van der Waals surface area contributed by atoms with E-state index in [2.05, 4.69) is 36.2 Å². The molecule has 4 N–H and O–H groups in total. The molecule has 3 heterocycles. The molecule has 4 aromatic rings. The van der Waals surface area contributed by atoms with E-state index in [1.54, 1.807) is 43.5 Å². The predicted octanol–water partition coefficient (Wildman–Crippen LogP) is 3.70. The van der Waals surface area contributed by atoms with Crippen molar-refractivity contribution in [3.8, 4) is 5.75 Å². The number of imidazole rings is 1. The van der Waals surface area contributed by atoms with E-state index in [0.29, 0.717) is 54.1 Å². The summed E-state index contributed by atoms with van der Waals surface area (Å²) < 4.78 is 7.63. The number of ether oxygens (including phenoxy) is 1. The lowest BCUT2D eigenvalue weighted by Gasteiger charge is -2.36. The lowest BCUT2D eigenvalue weighted by Crippen LogP contribution is -2.59. The number of hydrogen-bond donors (Lipinski definition) is 4. The Hall–Kier alpha value is -5.04. The van der Waals surface area contributed by atoms with Gasteiger partial charge in [0.2, 0.25) is 17.7 Å². The summed E-state index contributed by atoms with van der Waals surface area (Å²) in [5.74, 6) is 0.0897. The van der Waals surface area contributed by atoms with Crippen molar-refractivity contribution in [1.29, 1.82) is 0 Å². The summed E-state index contributed by atoms with van der Waals surface area (Å²) in [6.45, 7) is 8.55. The molecule has 3 amide bonds. The Balaban J connectivity index is 1.36. The van der Waals surface area contributed by atoms with Crippen LogP contribution in [0.3, 0.4) is 0 Å². The van der Waals surface area contributed by atoms with Crippen LogP contribution in [0.15, 0.2) is 61.4 Å². The minimum atomic E-state index is -0.805. The highest BCUT2D eigenvalue weighted by atomic mass is 16.5. The minimum absolute atomic E-state index is 0.279. The van der Waals surface area contributed by atoms with E-state index in [-0.39, 0.29) is 17.7 Å². The highest BCUT2D eigenvalue weighted by molar-refractivity contribution is 6.03. The number of aromatic nitrogens is 4. The van der Waals surface area contributed by atoms with Gasteiger partial charge in [0.05, 0.1) is 30.7 Å². The first-order valence-electron chi connectivity index (χ1n) is 15.7. The molecule has 13 nitrogen and oxygen atoms in total. The van der Waals surface area contributed by atoms with Crippen molar-refractivity contribution in [3.63, 3.8) is 0 Å². The molecular weight excluding hydrogens is 598 g/mol. The van der Waals surface area contributed by atoms with Crippen LogP contribution in [-0.4, -0.2) is 81.0 Å². The van der Waals surface area contributed by atoms with E-state index in [9.17, 15) is 14.4 Å². The Morgan fingerprint density at radius 2 is 1.87 bits per heavy atom. The number of likely N-dealkylation sites (N-methyl/N-ethyl adjacent to an activating group) is 1. The number of nitrogens with one attached hydrogen (secondary N) is 4. The fraction of sp³-hybridized carbons (Fsp3) is 0.412. The first-order chi connectivity index (χ1) is 22.5. The summed E-state index contributed by atoms with van der Waals surface area (Å²) in [6, 6.07) is 9.56. The zero-order chi connectivity index (χ0) is 33.7. The van der Waals surface area contributed by atoms with Gasteiger partial charge in [0, 0.05) is 42.6 Å². The van der Waals surface area contributed by atoms with Crippen molar-refractivity contribution in [2.45, 2.75) is 65.2 Å². The molecule has 1 aliphatic heterocycles. The van der Waals surface area contributed by atoms with Gasteiger partial charge in [-0.3, -0.25) is 14.4 Å². The first-order valence-corrected chi connectivity index (χ1v) is 15.7. The predicted molar refractivity (Wildman–Crippen MR) is 180 cm³/mol.